The maximum Gasteiger partial charge on any atom is 0.255 e. The molecule has 0 fully saturated rings. The minimum atomic E-state index is -0.381. The zero-order chi connectivity index (χ0) is 15.9. The summed E-state index contributed by atoms with van der Waals surface area (Å²) in [6.07, 6.45) is 3.56. The number of halogens is 2. The van der Waals surface area contributed by atoms with Gasteiger partial charge in [0.1, 0.15) is 11.0 Å². The smallest absolute Gasteiger partial charge is 0.255 e. The Balaban J connectivity index is 2.03. The van der Waals surface area contributed by atoms with E-state index in [1.54, 1.807) is 24.3 Å². The fraction of sp³-hybridized carbons (Fsp3) is 0.250. The third kappa shape index (κ3) is 4.71. The van der Waals surface area contributed by atoms with E-state index in [0.29, 0.717) is 15.7 Å². The Hall–Kier alpha value is -1.59. The highest BCUT2D eigenvalue weighted by molar-refractivity contribution is 7.99. The van der Waals surface area contributed by atoms with Crippen LogP contribution < -0.4 is 5.32 Å². The number of nitrogens with zero attached hydrogens (tertiary/aromatic N) is 1. The molecule has 0 atom stereocenters. The average molecular weight is 339 g/mol. The number of hydrogen-bond acceptors (Lipinski definition) is 3. The van der Waals surface area contributed by atoms with Crippen molar-refractivity contribution >= 4 is 35.0 Å². The van der Waals surface area contributed by atoms with Gasteiger partial charge >= 0.3 is 0 Å². The van der Waals surface area contributed by atoms with Gasteiger partial charge in [-0.1, -0.05) is 24.9 Å². The van der Waals surface area contributed by atoms with Crippen LogP contribution in [-0.2, 0) is 0 Å². The summed E-state index contributed by atoms with van der Waals surface area (Å²) in [6, 6.07) is 7.73. The first-order valence-electron chi connectivity index (χ1n) is 6.95. The number of carbonyl (C=O) groups excluding carboxylic acids is 1. The summed E-state index contributed by atoms with van der Waals surface area (Å²) in [5.41, 5.74) is 0.781. The summed E-state index contributed by atoms with van der Waals surface area (Å²) < 4.78 is 14.0. The number of benzene rings is 1. The Bertz CT molecular complexity index is 649. The molecule has 2 aromatic rings. The maximum absolute atomic E-state index is 14.0. The van der Waals surface area contributed by atoms with Crippen molar-refractivity contribution in [3.63, 3.8) is 0 Å². The summed E-state index contributed by atoms with van der Waals surface area (Å²) in [5.74, 6) is 0.117. The molecule has 1 aromatic heterocycles. The van der Waals surface area contributed by atoms with E-state index in [0.717, 1.165) is 18.6 Å². The lowest BCUT2D eigenvalue weighted by Gasteiger charge is -2.07. The number of amides is 1. The summed E-state index contributed by atoms with van der Waals surface area (Å²) >= 11 is 7.15. The van der Waals surface area contributed by atoms with Crippen LogP contribution in [0.15, 0.2) is 41.4 Å². The van der Waals surface area contributed by atoms with Crippen LogP contribution in [0.4, 0.5) is 10.1 Å². The zero-order valence-electron chi connectivity index (χ0n) is 12.1. The highest BCUT2D eigenvalue weighted by Crippen LogP contribution is 2.24. The minimum Gasteiger partial charge on any atom is -0.321 e. The van der Waals surface area contributed by atoms with E-state index in [2.05, 4.69) is 17.2 Å². The summed E-state index contributed by atoms with van der Waals surface area (Å²) in [4.78, 5) is 16.5. The molecule has 0 aliphatic rings. The second-order valence-corrected chi connectivity index (χ2v) is 6.19. The van der Waals surface area contributed by atoms with Gasteiger partial charge in [0.25, 0.3) is 5.91 Å². The Morgan fingerprint density at radius 2 is 2.18 bits per heavy atom. The molecule has 1 amide bonds. The van der Waals surface area contributed by atoms with E-state index in [9.17, 15) is 9.18 Å². The molecule has 116 valence electrons. The van der Waals surface area contributed by atoms with Crippen molar-refractivity contribution in [1.29, 1.82) is 0 Å². The fourth-order valence-corrected chi connectivity index (χ4v) is 2.86. The number of unbranched alkanes of at least 4 members (excludes halogenated alkanes) is 1. The van der Waals surface area contributed by atoms with Crippen LogP contribution in [0.25, 0.3) is 0 Å². The number of hydrogen-bond donors (Lipinski definition) is 1. The lowest BCUT2D eigenvalue weighted by atomic mass is 10.2. The van der Waals surface area contributed by atoms with E-state index in [1.165, 1.54) is 24.0 Å². The normalized spacial score (nSPS) is 10.5. The lowest BCUT2D eigenvalue weighted by Crippen LogP contribution is -2.12. The predicted octanol–water partition coefficient (Wildman–Crippen LogP) is 5.02. The van der Waals surface area contributed by atoms with E-state index in [-0.39, 0.29) is 17.3 Å². The van der Waals surface area contributed by atoms with Gasteiger partial charge in [-0.15, -0.1) is 11.8 Å². The van der Waals surface area contributed by atoms with Crippen LogP contribution in [0.3, 0.4) is 0 Å². The fourth-order valence-electron chi connectivity index (χ4n) is 1.74. The van der Waals surface area contributed by atoms with Crippen LogP contribution in [0.2, 0.25) is 5.15 Å². The number of pyridine rings is 1. The molecular weight excluding hydrogens is 323 g/mol. The lowest BCUT2D eigenvalue weighted by molar-refractivity contribution is 0.102. The predicted molar refractivity (Wildman–Crippen MR) is 89.2 cm³/mol. The first kappa shape index (κ1) is 16.8. The number of rotatable bonds is 6. The van der Waals surface area contributed by atoms with Gasteiger partial charge in [0, 0.05) is 10.5 Å². The molecule has 1 heterocycles. The third-order valence-corrected chi connectivity index (χ3v) is 4.29. The first-order chi connectivity index (χ1) is 10.6. The Morgan fingerprint density at radius 1 is 1.36 bits per heavy atom. The number of nitrogens with one attached hydrogen (secondary N) is 1. The van der Waals surface area contributed by atoms with Crippen molar-refractivity contribution in [2.45, 2.75) is 24.7 Å². The summed E-state index contributed by atoms with van der Waals surface area (Å²) in [6.45, 7) is 2.09. The highest BCUT2D eigenvalue weighted by Gasteiger charge is 2.10. The van der Waals surface area contributed by atoms with Crippen molar-refractivity contribution < 1.29 is 9.18 Å². The standard InChI is InChI=1S/C16H16ClFN2OS/c1-2-3-8-22-14-6-4-11(9-13(14)18)16(21)20-12-5-7-15(17)19-10-12/h4-7,9-10H,2-3,8H2,1H3,(H,20,21). The van der Waals surface area contributed by atoms with Gasteiger partial charge in [-0.25, -0.2) is 9.37 Å². The molecule has 1 N–H and O–H groups in total. The number of carbonyl (C=O) groups is 1. The van der Waals surface area contributed by atoms with Crippen LogP contribution in [0, 0.1) is 5.82 Å². The van der Waals surface area contributed by atoms with E-state index < -0.39 is 0 Å². The van der Waals surface area contributed by atoms with Gasteiger partial charge in [-0.2, -0.15) is 0 Å². The van der Waals surface area contributed by atoms with Gasteiger partial charge in [-0.05, 0) is 42.5 Å². The highest BCUT2D eigenvalue weighted by atomic mass is 35.5. The quantitative estimate of drug-likeness (QED) is 0.457. The van der Waals surface area contributed by atoms with E-state index in [4.69, 9.17) is 11.6 Å². The molecule has 0 aliphatic carbocycles. The van der Waals surface area contributed by atoms with Gasteiger partial charge in [0.15, 0.2) is 0 Å². The number of aromatic nitrogens is 1. The SMILES string of the molecule is CCCCSc1ccc(C(=O)Nc2ccc(Cl)nc2)cc1F. The molecule has 22 heavy (non-hydrogen) atoms. The number of thioether (sulfide) groups is 1. The van der Waals surface area contributed by atoms with E-state index in [1.807, 2.05) is 0 Å². The van der Waals surface area contributed by atoms with Crippen molar-refractivity contribution in [3.8, 4) is 0 Å². The van der Waals surface area contributed by atoms with Gasteiger partial charge < -0.3 is 5.32 Å². The molecule has 0 radical (unpaired) electrons. The van der Waals surface area contributed by atoms with Crippen LogP contribution >= 0.6 is 23.4 Å². The third-order valence-electron chi connectivity index (χ3n) is 2.93. The van der Waals surface area contributed by atoms with E-state index >= 15 is 0 Å². The molecule has 2 rings (SSSR count). The van der Waals surface area contributed by atoms with Crippen molar-refractivity contribution in [3.05, 3.63) is 53.1 Å². The molecular formula is C16H16ClFN2OS. The van der Waals surface area contributed by atoms with Gasteiger partial charge in [0.05, 0.1) is 11.9 Å². The van der Waals surface area contributed by atoms with Gasteiger partial charge in [-0.3, -0.25) is 4.79 Å². The monoisotopic (exact) mass is 338 g/mol. The van der Waals surface area contributed by atoms with Crippen LogP contribution in [0.5, 0.6) is 0 Å². The van der Waals surface area contributed by atoms with Crippen LogP contribution in [-0.4, -0.2) is 16.6 Å². The second-order valence-electron chi connectivity index (χ2n) is 4.67. The topological polar surface area (TPSA) is 42.0 Å². The molecule has 0 spiro atoms. The van der Waals surface area contributed by atoms with Crippen LogP contribution in [0.1, 0.15) is 30.1 Å². The molecule has 6 heteroatoms. The molecule has 0 saturated heterocycles. The molecule has 0 bridgehead atoms. The summed E-state index contributed by atoms with van der Waals surface area (Å²) in [5, 5.41) is 3.00. The largest absolute Gasteiger partial charge is 0.321 e. The molecule has 1 aromatic carbocycles. The molecule has 3 nitrogen and oxygen atoms in total. The van der Waals surface area contributed by atoms with Crippen molar-refractivity contribution in [1.82, 2.24) is 4.98 Å². The Morgan fingerprint density at radius 3 is 2.82 bits per heavy atom. The van der Waals surface area contributed by atoms with Crippen molar-refractivity contribution in [2.75, 3.05) is 11.1 Å². The molecule has 0 unspecified atom stereocenters. The summed E-state index contributed by atoms with van der Waals surface area (Å²) in [7, 11) is 0. The zero-order valence-corrected chi connectivity index (χ0v) is 13.7. The molecule has 0 saturated carbocycles. The maximum atomic E-state index is 14.0. The average Bonchev–Trinajstić information content (AvgIpc) is 2.51. The first-order valence-corrected chi connectivity index (χ1v) is 8.31. The van der Waals surface area contributed by atoms with Gasteiger partial charge in [0.2, 0.25) is 0 Å². The Labute approximate surface area is 138 Å². The van der Waals surface area contributed by atoms with Crippen molar-refractivity contribution in [2.24, 2.45) is 0 Å². The Kier molecular flexibility index (Phi) is 6.21. The number of anilines is 1. The molecule has 0 aliphatic heterocycles. The minimum absolute atomic E-state index is 0.271. The second kappa shape index (κ2) is 8.15.